The molecule has 5 nitrogen and oxygen atoms in total. The van der Waals surface area contributed by atoms with Crippen molar-refractivity contribution in [1.82, 2.24) is 0 Å². The van der Waals surface area contributed by atoms with E-state index in [1.54, 1.807) is 29.2 Å². The molecule has 2 atom stereocenters. The first-order valence-electron chi connectivity index (χ1n) is 13.8. The second-order valence-electron chi connectivity index (χ2n) is 10.4. The van der Waals surface area contributed by atoms with Crippen LogP contribution in [0.1, 0.15) is 33.9 Å². The van der Waals surface area contributed by atoms with Gasteiger partial charge in [0.05, 0.1) is 21.4 Å². The Kier molecular flexibility index (Phi) is 6.29. The minimum absolute atomic E-state index is 0.0117. The molecule has 0 fully saturated rings. The maximum absolute atomic E-state index is 15.1. The minimum atomic E-state index is -3.96. The first kappa shape index (κ1) is 26.0. The van der Waals surface area contributed by atoms with E-state index in [-0.39, 0.29) is 17.2 Å². The van der Waals surface area contributed by atoms with Crippen LogP contribution < -0.4 is 4.90 Å². The lowest BCUT2D eigenvalue weighted by Gasteiger charge is -2.48. The van der Waals surface area contributed by atoms with Gasteiger partial charge in [0, 0.05) is 17.5 Å². The first-order valence-corrected chi connectivity index (χ1v) is 15.4. The molecule has 0 N–H and O–H groups in total. The van der Waals surface area contributed by atoms with Gasteiger partial charge < -0.3 is 4.74 Å². The van der Waals surface area contributed by atoms with Crippen molar-refractivity contribution in [3.05, 3.63) is 168 Å². The molecule has 0 saturated carbocycles. The van der Waals surface area contributed by atoms with Crippen molar-refractivity contribution in [2.75, 3.05) is 4.90 Å². The molecule has 206 valence electrons. The number of para-hydroxylation sites is 1. The van der Waals surface area contributed by atoms with E-state index >= 15 is 4.79 Å². The molecule has 7 rings (SSSR count). The fraction of sp³-hybridized carbons (Fsp3) is 0.0833. The molecule has 0 spiro atoms. The highest BCUT2D eigenvalue weighted by Crippen LogP contribution is 2.55. The zero-order valence-corrected chi connectivity index (χ0v) is 23.4. The van der Waals surface area contributed by atoms with E-state index in [2.05, 4.69) is 0 Å². The van der Waals surface area contributed by atoms with Gasteiger partial charge >= 0.3 is 0 Å². The fourth-order valence-corrected chi connectivity index (χ4v) is 8.08. The maximum atomic E-state index is 15.1. The monoisotopic (exact) mass is 569 g/mol. The summed E-state index contributed by atoms with van der Waals surface area (Å²) in [6.07, 6.45) is -0.0117. The second kappa shape index (κ2) is 10.2. The third kappa shape index (κ3) is 4.06. The number of nitrogens with zero attached hydrogens (tertiary/aromatic N) is 1. The summed E-state index contributed by atoms with van der Waals surface area (Å²) >= 11 is 0. The minimum Gasteiger partial charge on any atom is -0.462 e. The number of ether oxygens (including phenoxy) is 1. The van der Waals surface area contributed by atoms with Crippen LogP contribution in [0, 0.1) is 0 Å². The summed E-state index contributed by atoms with van der Waals surface area (Å²) in [4.78, 5) is 16.8. The molecule has 0 bridgehead atoms. The van der Waals surface area contributed by atoms with Crippen LogP contribution in [0.15, 0.2) is 150 Å². The Bertz CT molecular complexity index is 1910. The van der Waals surface area contributed by atoms with Crippen molar-refractivity contribution in [2.45, 2.75) is 22.3 Å². The van der Waals surface area contributed by atoms with Crippen molar-refractivity contribution in [2.24, 2.45) is 0 Å². The molecule has 2 aliphatic rings. The molecular weight excluding hydrogens is 542 g/mol. The molecule has 0 saturated heterocycles. The average Bonchev–Trinajstić information content (AvgIpc) is 3.13. The third-order valence-corrected chi connectivity index (χ3v) is 10.2. The molecule has 0 aliphatic carbocycles. The molecule has 2 aliphatic heterocycles. The van der Waals surface area contributed by atoms with Crippen LogP contribution in [-0.2, 0) is 25.1 Å². The van der Waals surface area contributed by atoms with Crippen LogP contribution in [0.2, 0.25) is 0 Å². The molecule has 6 heteroatoms. The highest BCUT2D eigenvalue weighted by atomic mass is 32.2. The van der Waals surface area contributed by atoms with E-state index < -0.39 is 20.8 Å². The Morgan fingerprint density at radius 1 is 0.643 bits per heavy atom. The van der Waals surface area contributed by atoms with Crippen LogP contribution >= 0.6 is 0 Å². The highest BCUT2D eigenvalue weighted by Gasteiger charge is 2.57. The zero-order chi connectivity index (χ0) is 28.7. The number of carbonyl (C=O) groups excluding carboxylic acids is 1. The fourth-order valence-electron chi connectivity index (χ4n) is 6.09. The predicted octanol–water partition coefficient (Wildman–Crippen LogP) is 7.39. The van der Waals surface area contributed by atoms with Crippen LogP contribution in [0.25, 0.3) is 11.3 Å². The van der Waals surface area contributed by atoms with Gasteiger partial charge in [0.1, 0.15) is 5.76 Å². The van der Waals surface area contributed by atoms with Crippen LogP contribution in [0.4, 0.5) is 5.69 Å². The van der Waals surface area contributed by atoms with Gasteiger partial charge in [-0.05, 0) is 23.3 Å². The molecule has 0 radical (unpaired) electrons. The highest BCUT2D eigenvalue weighted by molar-refractivity contribution is 7.91. The van der Waals surface area contributed by atoms with Crippen molar-refractivity contribution in [3.8, 4) is 0 Å². The van der Waals surface area contributed by atoms with Gasteiger partial charge in [-0.15, -0.1) is 0 Å². The van der Waals surface area contributed by atoms with E-state index in [9.17, 15) is 8.42 Å². The summed E-state index contributed by atoms with van der Waals surface area (Å²) in [5, 5.41) is -0.979. The SMILES string of the molecule is O=C1C(c2ccccc2)=C(c2ccccc2)O[C@@]2(c3ccccc3)C[C@@H](c3ccccc3)S(=O)(=O)c3ccccc3N12. The standard InChI is InChI=1S/C36H27NO4S/c38-35-33(27-17-7-2-8-18-27)34(28-19-9-3-10-20-28)41-36(29-21-11-4-12-22-29)25-32(26-15-5-1-6-16-26)42(39,40)31-24-14-13-23-30(31)37(35)36/h1-24,32H,25H2/t32-,36+/m0/s1. The van der Waals surface area contributed by atoms with E-state index in [4.69, 9.17) is 4.74 Å². The lowest BCUT2D eigenvalue weighted by molar-refractivity contribution is -0.120. The third-order valence-electron chi connectivity index (χ3n) is 8.02. The van der Waals surface area contributed by atoms with Gasteiger partial charge in [-0.3, -0.25) is 9.69 Å². The lowest BCUT2D eigenvalue weighted by Crippen LogP contribution is -2.55. The topological polar surface area (TPSA) is 63.7 Å². The van der Waals surface area contributed by atoms with Crippen molar-refractivity contribution in [3.63, 3.8) is 0 Å². The molecule has 5 aromatic carbocycles. The van der Waals surface area contributed by atoms with Gasteiger partial charge in [0.2, 0.25) is 5.72 Å². The van der Waals surface area contributed by atoms with E-state index in [1.165, 1.54) is 0 Å². The number of rotatable bonds is 4. The van der Waals surface area contributed by atoms with Crippen LogP contribution in [0.3, 0.4) is 0 Å². The Labute approximate surface area is 245 Å². The summed E-state index contributed by atoms with van der Waals surface area (Å²) in [6, 6.07) is 44.4. The van der Waals surface area contributed by atoms with Gasteiger partial charge in [-0.25, -0.2) is 8.42 Å². The zero-order valence-electron chi connectivity index (χ0n) is 22.6. The number of amides is 1. The van der Waals surface area contributed by atoms with Crippen molar-refractivity contribution < 1.29 is 17.9 Å². The van der Waals surface area contributed by atoms with Gasteiger partial charge in [-0.2, -0.15) is 0 Å². The Morgan fingerprint density at radius 3 is 1.81 bits per heavy atom. The molecule has 0 unspecified atom stereocenters. The van der Waals surface area contributed by atoms with Gasteiger partial charge in [-0.1, -0.05) is 133 Å². The summed E-state index contributed by atoms with van der Waals surface area (Å²) in [5.41, 5.74) is 1.95. The van der Waals surface area contributed by atoms with Crippen LogP contribution in [0.5, 0.6) is 0 Å². The largest absolute Gasteiger partial charge is 0.462 e. The van der Waals surface area contributed by atoms with E-state index in [0.29, 0.717) is 33.7 Å². The summed E-state index contributed by atoms with van der Waals surface area (Å²) in [5.74, 6) is 0.0852. The second-order valence-corrected chi connectivity index (χ2v) is 12.5. The number of fused-ring (bicyclic) bond motifs is 3. The summed E-state index contributed by atoms with van der Waals surface area (Å²) in [6.45, 7) is 0. The van der Waals surface area contributed by atoms with E-state index in [0.717, 1.165) is 5.56 Å². The Balaban J connectivity index is 1.60. The van der Waals surface area contributed by atoms with Gasteiger partial charge in [0.15, 0.2) is 9.84 Å². The van der Waals surface area contributed by atoms with Crippen molar-refractivity contribution in [1.29, 1.82) is 0 Å². The first-order chi connectivity index (χ1) is 20.5. The molecule has 5 aromatic rings. The maximum Gasteiger partial charge on any atom is 0.266 e. The van der Waals surface area contributed by atoms with Crippen LogP contribution in [-0.4, -0.2) is 14.3 Å². The number of carbonyl (C=O) groups is 1. The summed E-state index contributed by atoms with van der Waals surface area (Å²) < 4.78 is 36.3. The molecule has 1 amide bonds. The quantitative estimate of drug-likeness (QED) is 0.226. The average molecular weight is 570 g/mol. The van der Waals surface area contributed by atoms with Crippen molar-refractivity contribution >= 4 is 32.8 Å². The number of sulfone groups is 1. The molecule has 42 heavy (non-hydrogen) atoms. The summed E-state index contributed by atoms with van der Waals surface area (Å²) in [7, 11) is -3.96. The molecular formula is C36H27NO4S. The predicted molar refractivity (Wildman–Crippen MR) is 164 cm³/mol. The van der Waals surface area contributed by atoms with Gasteiger partial charge in [0.25, 0.3) is 5.91 Å². The van der Waals surface area contributed by atoms with E-state index in [1.807, 2.05) is 121 Å². The molecule has 2 heterocycles. The number of hydrogen-bond acceptors (Lipinski definition) is 4. The number of anilines is 1. The lowest BCUT2D eigenvalue weighted by atomic mass is 9.87. The smallest absolute Gasteiger partial charge is 0.266 e. The Morgan fingerprint density at radius 2 is 1.17 bits per heavy atom. The molecule has 0 aromatic heterocycles. The Hall–Kier alpha value is -4.94. The normalized spacial score (nSPS) is 21.1. The number of hydrogen-bond donors (Lipinski definition) is 0. The number of benzene rings is 5.